The molecule has 0 saturated carbocycles. The Kier molecular flexibility index (Phi) is 10.6. The van der Waals surface area contributed by atoms with Crippen LogP contribution in [0.3, 0.4) is 0 Å². The minimum atomic E-state index is -2.02. The third kappa shape index (κ3) is 9.61. The molecule has 10 nitrogen and oxygen atoms in total. The average molecular weight is 446 g/mol. The minimum Gasteiger partial charge on any atom is -0.434 e. The van der Waals surface area contributed by atoms with Crippen LogP contribution in [-0.2, 0) is 50.9 Å². The summed E-state index contributed by atoms with van der Waals surface area (Å²) in [4.78, 5) is 45.6. The van der Waals surface area contributed by atoms with E-state index in [9.17, 15) is 19.2 Å². The van der Waals surface area contributed by atoms with E-state index in [0.717, 1.165) is 11.1 Å². The maximum absolute atomic E-state index is 11.9. The van der Waals surface area contributed by atoms with Gasteiger partial charge in [-0.1, -0.05) is 60.7 Å². The van der Waals surface area contributed by atoms with E-state index in [0.29, 0.717) is 12.8 Å². The third-order valence-electron chi connectivity index (χ3n) is 3.86. The van der Waals surface area contributed by atoms with Crippen LogP contribution < -0.4 is 0 Å². The van der Waals surface area contributed by atoms with Crippen molar-refractivity contribution in [2.45, 2.75) is 19.1 Å². The second-order valence-electron chi connectivity index (χ2n) is 6.08. The first-order valence-corrected chi connectivity index (χ1v) is 9.55. The monoisotopic (exact) mass is 446 g/mol. The smallest absolute Gasteiger partial charge is 0.434 e. The zero-order valence-corrected chi connectivity index (χ0v) is 17.0. The predicted molar refractivity (Wildman–Crippen MR) is 107 cm³/mol. The Balaban J connectivity index is 1.64. The normalized spacial score (nSPS) is 10.9. The van der Waals surface area contributed by atoms with E-state index in [-0.39, 0.29) is 19.7 Å². The molecule has 0 fully saturated rings. The highest BCUT2D eigenvalue weighted by molar-refractivity contribution is 5.77. The van der Waals surface area contributed by atoms with Crippen LogP contribution in [0, 0.1) is 0 Å². The molecule has 0 amide bonds. The molecule has 170 valence electrons. The molecule has 0 bridgehead atoms. The second-order valence-corrected chi connectivity index (χ2v) is 6.08. The Labute approximate surface area is 183 Å². The molecule has 0 N–H and O–H groups in total. The van der Waals surface area contributed by atoms with Gasteiger partial charge < -0.3 is 28.4 Å². The first-order valence-electron chi connectivity index (χ1n) is 9.55. The summed E-state index contributed by atoms with van der Waals surface area (Å²) in [5.74, 6) is -1.28. The first-order chi connectivity index (χ1) is 15.6. The summed E-state index contributed by atoms with van der Waals surface area (Å²) in [5.41, 5.74) is 1.89. The lowest BCUT2D eigenvalue weighted by molar-refractivity contribution is -0.193. The Hall–Kier alpha value is -4.08. The Morgan fingerprint density at radius 1 is 0.719 bits per heavy atom. The number of hydrogen-bond acceptors (Lipinski definition) is 10. The highest BCUT2D eigenvalue weighted by Gasteiger charge is 2.27. The van der Waals surface area contributed by atoms with Gasteiger partial charge in [0.25, 0.3) is 6.47 Å². The molecule has 0 aromatic heterocycles. The zero-order valence-electron chi connectivity index (χ0n) is 17.0. The molecule has 1 unspecified atom stereocenters. The van der Waals surface area contributed by atoms with Crippen LogP contribution >= 0.6 is 0 Å². The van der Waals surface area contributed by atoms with Gasteiger partial charge in [-0.05, 0) is 11.1 Å². The van der Waals surface area contributed by atoms with Crippen molar-refractivity contribution < 1.29 is 47.6 Å². The van der Waals surface area contributed by atoms with Crippen LogP contribution in [0.1, 0.15) is 11.1 Å². The topological polar surface area (TPSA) is 124 Å². The van der Waals surface area contributed by atoms with E-state index in [2.05, 4.69) is 18.9 Å². The van der Waals surface area contributed by atoms with Gasteiger partial charge in [0.2, 0.25) is 6.79 Å². The number of hydrogen-bond donors (Lipinski definition) is 0. The molecule has 2 aromatic carbocycles. The molecular formula is C22H22O10. The van der Waals surface area contributed by atoms with Gasteiger partial charge in [0.1, 0.15) is 0 Å². The van der Waals surface area contributed by atoms with Crippen molar-refractivity contribution in [2.75, 3.05) is 20.0 Å². The molecular weight excluding hydrogens is 424 g/mol. The highest BCUT2D eigenvalue weighted by atomic mass is 16.8. The molecule has 0 aliphatic heterocycles. The lowest BCUT2D eigenvalue weighted by Crippen LogP contribution is -2.32. The lowest BCUT2D eigenvalue weighted by atomic mass is 10.2. The molecule has 0 aliphatic rings. The number of carbonyl (C=O) groups excluding carboxylic acids is 4. The molecule has 0 aliphatic carbocycles. The van der Waals surface area contributed by atoms with Crippen LogP contribution in [0.2, 0.25) is 0 Å². The largest absolute Gasteiger partial charge is 0.511 e. The molecule has 1 atom stereocenters. The summed E-state index contributed by atoms with van der Waals surface area (Å²) in [7, 11) is 0. The van der Waals surface area contributed by atoms with Crippen molar-refractivity contribution in [3.05, 3.63) is 71.8 Å². The van der Waals surface area contributed by atoms with E-state index in [1.54, 1.807) is 0 Å². The molecule has 0 heterocycles. The van der Waals surface area contributed by atoms with E-state index >= 15 is 0 Å². The summed E-state index contributed by atoms with van der Waals surface area (Å²) in [5, 5.41) is 0. The van der Waals surface area contributed by atoms with Crippen molar-refractivity contribution in [3.8, 4) is 0 Å². The quantitative estimate of drug-likeness (QED) is 0.208. The Bertz CT molecular complexity index is 854. The van der Waals surface area contributed by atoms with Crippen molar-refractivity contribution in [2.24, 2.45) is 0 Å². The summed E-state index contributed by atoms with van der Waals surface area (Å²) in [6, 6.07) is 18.5. The maximum atomic E-state index is 11.9. The predicted octanol–water partition coefficient (Wildman–Crippen LogP) is 2.78. The molecule has 2 aromatic rings. The van der Waals surface area contributed by atoms with Crippen molar-refractivity contribution in [3.63, 3.8) is 0 Å². The van der Waals surface area contributed by atoms with E-state index < -0.39 is 31.4 Å². The number of carbonyl (C=O) groups is 4. The van der Waals surface area contributed by atoms with Gasteiger partial charge in [-0.3, -0.25) is 4.79 Å². The highest BCUT2D eigenvalue weighted by Crippen LogP contribution is 2.04. The number of rotatable bonds is 12. The van der Waals surface area contributed by atoms with Gasteiger partial charge in [-0.25, -0.2) is 14.4 Å². The fourth-order valence-corrected chi connectivity index (χ4v) is 2.34. The SMILES string of the molecule is O=COC(OC(=O)OCCc1ccccc1)C(=O)OCOC(=O)OCCc1ccccc1. The van der Waals surface area contributed by atoms with E-state index in [4.69, 9.17) is 9.47 Å². The Morgan fingerprint density at radius 3 is 1.78 bits per heavy atom. The van der Waals surface area contributed by atoms with E-state index in [1.165, 1.54) is 0 Å². The van der Waals surface area contributed by atoms with Crippen LogP contribution in [0.5, 0.6) is 0 Å². The number of benzene rings is 2. The molecule has 10 heteroatoms. The van der Waals surface area contributed by atoms with Gasteiger partial charge in [0.05, 0.1) is 13.2 Å². The van der Waals surface area contributed by atoms with Gasteiger partial charge in [0.15, 0.2) is 0 Å². The fourth-order valence-electron chi connectivity index (χ4n) is 2.34. The number of esters is 1. The molecule has 0 saturated heterocycles. The molecule has 32 heavy (non-hydrogen) atoms. The summed E-state index contributed by atoms with van der Waals surface area (Å²) < 4.78 is 27.8. The Morgan fingerprint density at radius 2 is 1.25 bits per heavy atom. The summed E-state index contributed by atoms with van der Waals surface area (Å²) >= 11 is 0. The van der Waals surface area contributed by atoms with Gasteiger partial charge in [-0.2, -0.15) is 0 Å². The van der Waals surface area contributed by atoms with E-state index in [1.807, 2.05) is 60.7 Å². The van der Waals surface area contributed by atoms with Gasteiger partial charge in [-0.15, -0.1) is 0 Å². The van der Waals surface area contributed by atoms with Crippen LogP contribution in [0.4, 0.5) is 9.59 Å². The summed E-state index contributed by atoms with van der Waals surface area (Å²) in [6.07, 6.45) is -3.44. The minimum absolute atomic E-state index is 0.0242. The second kappa shape index (κ2) is 14.0. The van der Waals surface area contributed by atoms with Crippen molar-refractivity contribution in [1.82, 2.24) is 0 Å². The lowest BCUT2D eigenvalue weighted by Gasteiger charge is -2.14. The summed E-state index contributed by atoms with van der Waals surface area (Å²) in [6.45, 7) is -0.911. The van der Waals surface area contributed by atoms with Crippen LogP contribution in [-0.4, -0.2) is 51.0 Å². The zero-order chi connectivity index (χ0) is 23.0. The standard InChI is InChI=1S/C22H22O10/c23-15-29-20(32-22(26)28-14-12-18-9-5-2-6-10-18)19(24)30-16-31-21(25)27-13-11-17-7-3-1-4-8-17/h1-10,15,20H,11-14,16H2. The number of ether oxygens (including phenoxy) is 6. The van der Waals surface area contributed by atoms with Gasteiger partial charge >= 0.3 is 24.6 Å². The van der Waals surface area contributed by atoms with Gasteiger partial charge in [0, 0.05) is 12.8 Å². The van der Waals surface area contributed by atoms with Crippen LogP contribution in [0.25, 0.3) is 0 Å². The maximum Gasteiger partial charge on any atom is 0.511 e. The van der Waals surface area contributed by atoms with Crippen LogP contribution in [0.15, 0.2) is 60.7 Å². The molecule has 2 rings (SSSR count). The molecule has 0 radical (unpaired) electrons. The molecule has 0 spiro atoms. The van der Waals surface area contributed by atoms with Crippen molar-refractivity contribution >= 4 is 24.8 Å². The third-order valence-corrected chi connectivity index (χ3v) is 3.86. The average Bonchev–Trinajstić information content (AvgIpc) is 2.80. The fraction of sp³-hybridized carbons (Fsp3) is 0.273. The first kappa shape index (κ1) is 24.2. The van der Waals surface area contributed by atoms with Crippen molar-refractivity contribution in [1.29, 1.82) is 0 Å².